The molecule has 8 heteroatoms. The SMILES string of the molecule is COc1ccc(Cn2cnc(/C(N)=N/O)n2)cc1Br. The summed E-state index contributed by atoms with van der Waals surface area (Å²) in [6.45, 7) is 0.522. The van der Waals surface area contributed by atoms with Crippen molar-refractivity contribution in [1.82, 2.24) is 14.8 Å². The second kappa shape index (κ2) is 5.70. The lowest BCUT2D eigenvalue weighted by molar-refractivity contribution is 0.318. The van der Waals surface area contributed by atoms with E-state index < -0.39 is 0 Å². The number of hydrogen-bond donors (Lipinski definition) is 2. The molecule has 0 aliphatic carbocycles. The molecule has 0 bridgehead atoms. The fraction of sp³-hybridized carbons (Fsp3) is 0.182. The molecule has 0 aliphatic rings. The summed E-state index contributed by atoms with van der Waals surface area (Å²) >= 11 is 3.42. The molecule has 1 heterocycles. The Morgan fingerprint density at radius 2 is 2.37 bits per heavy atom. The van der Waals surface area contributed by atoms with Gasteiger partial charge >= 0.3 is 0 Å². The Morgan fingerprint density at radius 1 is 1.58 bits per heavy atom. The molecule has 3 N–H and O–H groups in total. The standard InChI is InChI=1S/C11H12BrN5O2/c1-19-9-3-2-7(4-8(9)12)5-17-6-14-11(15-17)10(13)16-18/h2-4,6,18H,5H2,1H3,(H2,13,16). The molecule has 0 saturated carbocycles. The summed E-state index contributed by atoms with van der Waals surface area (Å²) < 4.78 is 7.62. The number of halogens is 1. The van der Waals surface area contributed by atoms with Gasteiger partial charge in [-0.05, 0) is 33.6 Å². The number of oxime groups is 1. The molecule has 1 aromatic carbocycles. The number of amidine groups is 1. The van der Waals surface area contributed by atoms with Crippen LogP contribution in [0, 0.1) is 0 Å². The Bertz CT molecular complexity index is 611. The third kappa shape index (κ3) is 3.02. The minimum atomic E-state index is -0.116. The number of benzene rings is 1. The van der Waals surface area contributed by atoms with E-state index in [-0.39, 0.29) is 11.7 Å². The van der Waals surface area contributed by atoms with Crippen LogP contribution in [0.15, 0.2) is 34.2 Å². The number of aromatic nitrogens is 3. The van der Waals surface area contributed by atoms with E-state index in [2.05, 4.69) is 31.2 Å². The molecule has 0 spiro atoms. The van der Waals surface area contributed by atoms with Crippen molar-refractivity contribution in [2.45, 2.75) is 6.54 Å². The second-order valence-electron chi connectivity index (χ2n) is 3.72. The van der Waals surface area contributed by atoms with Crippen molar-refractivity contribution in [2.75, 3.05) is 7.11 Å². The van der Waals surface area contributed by atoms with Gasteiger partial charge in [0.05, 0.1) is 18.1 Å². The van der Waals surface area contributed by atoms with Crippen molar-refractivity contribution in [3.8, 4) is 5.75 Å². The van der Waals surface area contributed by atoms with Crippen LogP contribution in [0.3, 0.4) is 0 Å². The van der Waals surface area contributed by atoms with E-state index in [0.29, 0.717) is 6.54 Å². The zero-order valence-corrected chi connectivity index (χ0v) is 11.7. The van der Waals surface area contributed by atoms with Gasteiger partial charge in [0.25, 0.3) is 0 Å². The second-order valence-corrected chi connectivity index (χ2v) is 4.57. The highest BCUT2D eigenvalue weighted by molar-refractivity contribution is 9.10. The van der Waals surface area contributed by atoms with E-state index in [4.69, 9.17) is 15.7 Å². The Morgan fingerprint density at radius 3 is 3.00 bits per heavy atom. The Labute approximate surface area is 117 Å². The molecule has 0 saturated heterocycles. The molecule has 100 valence electrons. The van der Waals surface area contributed by atoms with E-state index in [1.165, 1.54) is 6.33 Å². The topological polar surface area (TPSA) is 98.6 Å². The van der Waals surface area contributed by atoms with Crippen molar-refractivity contribution >= 4 is 21.8 Å². The van der Waals surface area contributed by atoms with E-state index in [1.54, 1.807) is 11.8 Å². The summed E-state index contributed by atoms with van der Waals surface area (Å²) in [5, 5.41) is 15.5. The lowest BCUT2D eigenvalue weighted by Crippen LogP contribution is -2.15. The lowest BCUT2D eigenvalue weighted by atomic mass is 10.2. The highest BCUT2D eigenvalue weighted by Gasteiger charge is 2.07. The summed E-state index contributed by atoms with van der Waals surface area (Å²) in [5.41, 5.74) is 6.42. The molecule has 7 nitrogen and oxygen atoms in total. The van der Waals surface area contributed by atoms with Crippen LogP contribution in [-0.2, 0) is 6.54 Å². The van der Waals surface area contributed by atoms with Crippen molar-refractivity contribution < 1.29 is 9.94 Å². The molecule has 0 aliphatic heterocycles. The predicted molar refractivity (Wildman–Crippen MR) is 72.3 cm³/mol. The summed E-state index contributed by atoms with van der Waals surface area (Å²) in [6, 6.07) is 5.72. The maximum Gasteiger partial charge on any atom is 0.219 e. The van der Waals surface area contributed by atoms with E-state index in [9.17, 15) is 0 Å². The van der Waals surface area contributed by atoms with Crippen molar-refractivity contribution in [3.05, 3.63) is 40.4 Å². The Kier molecular flexibility index (Phi) is 4.00. The van der Waals surface area contributed by atoms with Gasteiger partial charge in [0, 0.05) is 0 Å². The van der Waals surface area contributed by atoms with Crippen molar-refractivity contribution in [2.24, 2.45) is 10.9 Å². The molecule has 2 aromatic rings. The molecule has 0 atom stereocenters. The summed E-state index contributed by atoms with van der Waals surface area (Å²) in [5.74, 6) is 0.837. The van der Waals surface area contributed by atoms with Gasteiger partial charge in [0.15, 0.2) is 0 Å². The maximum atomic E-state index is 8.53. The molecule has 1 aromatic heterocycles. The number of nitrogens with zero attached hydrogens (tertiary/aromatic N) is 4. The van der Waals surface area contributed by atoms with Gasteiger partial charge in [-0.25, -0.2) is 9.67 Å². The lowest BCUT2D eigenvalue weighted by Gasteiger charge is -2.06. The minimum absolute atomic E-state index is 0.116. The maximum absolute atomic E-state index is 8.53. The van der Waals surface area contributed by atoms with Crippen LogP contribution < -0.4 is 10.5 Å². The molecule has 0 fully saturated rings. The Hall–Kier alpha value is -2.09. The first kappa shape index (κ1) is 13.3. The average molecular weight is 326 g/mol. The summed E-state index contributed by atoms with van der Waals surface area (Å²) in [7, 11) is 1.61. The van der Waals surface area contributed by atoms with E-state index >= 15 is 0 Å². The van der Waals surface area contributed by atoms with Crippen LogP contribution in [0.1, 0.15) is 11.4 Å². The van der Waals surface area contributed by atoms with Crippen LogP contribution in [0.5, 0.6) is 5.75 Å². The number of hydrogen-bond acceptors (Lipinski definition) is 5. The van der Waals surface area contributed by atoms with E-state index in [0.717, 1.165) is 15.8 Å². The average Bonchev–Trinajstić information content (AvgIpc) is 2.86. The van der Waals surface area contributed by atoms with Crippen LogP contribution in [0.25, 0.3) is 0 Å². The summed E-state index contributed by atoms with van der Waals surface area (Å²) in [6.07, 6.45) is 1.52. The summed E-state index contributed by atoms with van der Waals surface area (Å²) in [4.78, 5) is 3.94. The van der Waals surface area contributed by atoms with Crippen LogP contribution >= 0.6 is 15.9 Å². The van der Waals surface area contributed by atoms with Crippen molar-refractivity contribution in [3.63, 3.8) is 0 Å². The molecule has 0 unspecified atom stereocenters. The first-order valence-corrected chi connectivity index (χ1v) is 6.13. The van der Waals surface area contributed by atoms with Gasteiger partial charge < -0.3 is 15.7 Å². The van der Waals surface area contributed by atoms with Crippen LogP contribution in [0.2, 0.25) is 0 Å². The number of nitrogens with two attached hydrogens (primary N) is 1. The smallest absolute Gasteiger partial charge is 0.219 e. The zero-order chi connectivity index (χ0) is 13.8. The molecule has 0 amide bonds. The van der Waals surface area contributed by atoms with Gasteiger partial charge in [-0.3, -0.25) is 0 Å². The largest absolute Gasteiger partial charge is 0.496 e. The first-order chi connectivity index (χ1) is 9.13. The van der Waals surface area contributed by atoms with Gasteiger partial charge in [0.1, 0.15) is 12.1 Å². The third-order valence-electron chi connectivity index (χ3n) is 2.43. The highest BCUT2D eigenvalue weighted by atomic mass is 79.9. The van der Waals surface area contributed by atoms with Crippen molar-refractivity contribution in [1.29, 1.82) is 0 Å². The highest BCUT2D eigenvalue weighted by Crippen LogP contribution is 2.25. The van der Waals surface area contributed by atoms with Gasteiger partial charge in [-0.1, -0.05) is 11.2 Å². The molecular formula is C11H12BrN5O2. The molecular weight excluding hydrogens is 314 g/mol. The minimum Gasteiger partial charge on any atom is -0.496 e. The normalized spacial score (nSPS) is 11.6. The Balaban J connectivity index is 2.17. The van der Waals surface area contributed by atoms with Crippen LogP contribution in [-0.4, -0.2) is 32.9 Å². The fourth-order valence-electron chi connectivity index (χ4n) is 1.53. The number of methoxy groups -OCH3 is 1. The van der Waals surface area contributed by atoms with Gasteiger partial charge in [0.2, 0.25) is 11.7 Å². The first-order valence-electron chi connectivity index (χ1n) is 5.34. The zero-order valence-electron chi connectivity index (χ0n) is 10.1. The number of ether oxygens (including phenoxy) is 1. The third-order valence-corrected chi connectivity index (χ3v) is 3.05. The quantitative estimate of drug-likeness (QED) is 0.381. The van der Waals surface area contributed by atoms with Gasteiger partial charge in [-0.2, -0.15) is 0 Å². The number of rotatable bonds is 4. The molecule has 0 radical (unpaired) electrons. The fourth-order valence-corrected chi connectivity index (χ4v) is 2.12. The monoisotopic (exact) mass is 325 g/mol. The van der Waals surface area contributed by atoms with E-state index in [1.807, 2.05) is 18.2 Å². The molecule has 19 heavy (non-hydrogen) atoms. The van der Waals surface area contributed by atoms with Gasteiger partial charge in [-0.15, -0.1) is 5.10 Å². The predicted octanol–water partition coefficient (Wildman–Crippen LogP) is 1.19. The molecule has 2 rings (SSSR count). The van der Waals surface area contributed by atoms with Crippen LogP contribution in [0.4, 0.5) is 0 Å².